The molecule has 0 bridgehead atoms. The molecule has 4 atom stereocenters. The van der Waals surface area contributed by atoms with E-state index in [2.05, 4.69) is 12.2 Å². The maximum Gasteiger partial charge on any atom is 0.508 e. The molecule has 3 aliphatic rings. The Morgan fingerprint density at radius 3 is 3.00 bits per heavy atom. The van der Waals surface area contributed by atoms with Gasteiger partial charge in [-0.25, -0.2) is 0 Å². The summed E-state index contributed by atoms with van der Waals surface area (Å²) in [7, 11) is -0.115. The molecule has 0 amide bonds. The molecule has 1 aromatic rings. The van der Waals surface area contributed by atoms with E-state index in [0.29, 0.717) is 37.1 Å². The summed E-state index contributed by atoms with van der Waals surface area (Å²) in [6.45, 7) is 2.27. The predicted molar refractivity (Wildman–Crippen MR) is 94.6 cm³/mol. The molecular formula is C19H22O5P+. The fraction of sp³-hybridized carbons (Fsp3) is 0.526. The Bertz CT molecular complexity index is 771. The van der Waals surface area contributed by atoms with Crippen LogP contribution in [-0.4, -0.2) is 31.8 Å². The van der Waals surface area contributed by atoms with Crippen LogP contribution < -0.4 is 9.47 Å². The highest BCUT2D eigenvalue weighted by atomic mass is 31.1. The summed E-state index contributed by atoms with van der Waals surface area (Å²) in [4.78, 5) is 12.7. The zero-order valence-corrected chi connectivity index (χ0v) is 15.4. The number of Topliss-reactive ketones (excluding diaryl/α,β-unsaturated/α-hetero) is 1. The molecule has 0 saturated heterocycles. The van der Waals surface area contributed by atoms with Crippen LogP contribution >= 0.6 is 8.03 Å². The fourth-order valence-electron chi connectivity index (χ4n) is 4.66. The summed E-state index contributed by atoms with van der Waals surface area (Å²) in [5.41, 5.74) is 1.67. The topological polar surface area (TPSA) is 61.8 Å². The van der Waals surface area contributed by atoms with Crippen LogP contribution in [0.3, 0.4) is 0 Å². The molecule has 1 heterocycles. The van der Waals surface area contributed by atoms with Crippen molar-refractivity contribution in [2.75, 3.05) is 19.9 Å². The zero-order chi connectivity index (χ0) is 17.6. The van der Waals surface area contributed by atoms with E-state index in [0.717, 1.165) is 17.5 Å². The third-order valence-electron chi connectivity index (χ3n) is 5.69. The Labute approximate surface area is 148 Å². The van der Waals surface area contributed by atoms with Gasteiger partial charge in [-0.3, -0.25) is 4.79 Å². The second-order valence-corrected chi connectivity index (χ2v) is 8.17. The first-order valence-electron chi connectivity index (χ1n) is 8.78. The van der Waals surface area contributed by atoms with E-state index >= 15 is 0 Å². The van der Waals surface area contributed by atoms with E-state index < -0.39 is 19.5 Å². The summed E-state index contributed by atoms with van der Waals surface area (Å²) in [6, 6.07) is 3.90. The normalized spacial score (nSPS) is 29.2. The molecule has 2 aliphatic carbocycles. The monoisotopic (exact) mass is 361 g/mol. The highest BCUT2D eigenvalue weighted by Gasteiger charge is 2.61. The number of rotatable bonds is 6. The summed E-state index contributed by atoms with van der Waals surface area (Å²) in [5.74, 6) is 1.67. The van der Waals surface area contributed by atoms with Crippen LogP contribution in [0.1, 0.15) is 37.3 Å². The van der Waals surface area contributed by atoms with Gasteiger partial charge in [-0.2, -0.15) is 0 Å². The van der Waals surface area contributed by atoms with Gasteiger partial charge in [0.25, 0.3) is 0 Å². The Hall–Kier alpha value is -1.71. The van der Waals surface area contributed by atoms with Crippen molar-refractivity contribution in [2.45, 2.75) is 37.7 Å². The number of hydrogen-bond donors (Lipinski definition) is 0. The Balaban J connectivity index is 1.83. The minimum atomic E-state index is -1.73. The maximum atomic E-state index is 12.7. The van der Waals surface area contributed by atoms with E-state index in [4.69, 9.17) is 14.0 Å². The second-order valence-electron chi connectivity index (χ2n) is 6.79. The molecule has 25 heavy (non-hydrogen) atoms. The largest absolute Gasteiger partial charge is 0.508 e. The zero-order valence-electron chi connectivity index (χ0n) is 14.5. The quantitative estimate of drug-likeness (QED) is 0.720. The third kappa shape index (κ3) is 2.37. The summed E-state index contributed by atoms with van der Waals surface area (Å²) in [6.07, 6.45) is 6.15. The molecule has 132 valence electrons. The first-order valence-corrected chi connectivity index (χ1v) is 10.1. The molecule has 1 unspecified atom stereocenters. The van der Waals surface area contributed by atoms with Crippen LogP contribution in [0.25, 0.3) is 6.08 Å². The van der Waals surface area contributed by atoms with E-state index in [1.54, 1.807) is 7.11 Å². The third-order valence-corrected chi connectivity index (χ3v) is 6.82. The number of ether oxygens (including phenoxy) is 2. The molecule has 1 fully saturated rings. The summed E-state index contributed by atoms with van der Waals surface area (Å²) >= 11 is 0. The van der Waals surface area contributed by atoms with Gasteiger partial charge in [0.1, 0.15) is 0 Å². The number of methoxy groups -OCH3 is 1. The Morgan fingerprint density at radius 1 is 1.40 bits per heavy atom. The second kappa shape index (κ2) is 6.22. The number of carbonyl (C=O) groups excluding carboxylic acids is 1. The molecule has 0 radical (unpaired) electrons. The highest BCUT2D eigenvalue weighted by Crippen LogP contribution is 2.60. The van der Waals surface area contributed by atoms with Gasteiger partial charge in [0.15, 0.2) is 29.5 Å². The van der Waals surface area contributed by atoms with Crippen molar-refractivity contribution in [1.29, 1.82) is 0 Å². The molecule has 0 N–H and O–H groups in total. The van der Waals surface area contributed by atoms with Gasteiger partial charge in [0, 0.05) is 18.4 Å². The summed E-state index contributed by atoms with van der Waals surface area (Å²) < 4.78 is 29.1. The molecule has 1 saturated carbocycles. The fourth-order valence-corrected chi connectivity index (χ4v) is 5.63. The molecule has 1 aromatic carbocycles. The lowest BCUT2D eigenvalue weighted by atomic mass is 9.57. The average Bonchev–Trinajstić information content (AvgIpc) is 2.98. The SMILES string of the molecule is CCO[P+](=O)CC[C@]12c3c4ccc(OC)c3O[C@H]1C(=O)CC[C@H]2C=C4. The molecule has 5 nitrogen and oxygen atoms in total. The van der Waals surface area contributed by atoms with E-state index in [-0.39, 0.29) is 11.7 Å². The van der Waals surface area contributed by atoms with E-state index in [1.165, 1.54) is 0 Å². The lowest BCUT2D eigenvalue weighted by Crippen LogP contribution is -2.53. The number of carbonyl (C=O) groups is 1. The van der Waals surface area contributed by atoms with Crippen LogP contribution in [0.4, 0.5) is 0 Å². The van der Waals surface area contributed by atoms with Crippen molar-refractivity contribution in [1.82, 2.24) is 0 Å². The van der Waals surface area contributed by atoms with Gasteiger partial charge in [0.05, 0.1) is 19.1 Å². The van der Waals surface area contributed by atoms with Crippen LogP contribution in [-0.2, 0) is 19.3 Å². The smallest absolute Gasteiger partial charge is 0.493 e. The van der Waals surface area contributed by atoms with Gasteiger partial charge in [0.2, 0.25) is 0 Å². The van der Waals surface area contributed by atoms with Gasteiger partial charge < -0.3 is 9.47 Å². The van der Waals surface area contributed by atoms with Crippen molar-refractivity contribution < 1.29 is 23.4 Å². The van der Waals surface area contributed by atoms with Gasteiger partial charge in [-0.1, -0.05) is 18.2 Å². The van der Waals surface area contributed by atoms with Gasteiger partial charge in [-0.05, 0) is 35.5 Å². The number of allylic oxidation sites excluding steroid dienone is 1. The molecule has 1 aliphatic heterocycles. The number of hydrogen-bond acceptors (Lipinski definition) is 5. The van der Waals surface area contributed by atoms with Crippen molar-refractivity contribution >= 4 is 19.9 Å². The number of benzene rings is 1. The van der Waals surface area contributed by atoms with Crippen molar-refractivity contribution in [3.63, 3.8) is 0 Å². The molecular weight excluding hydrogens is 339 g/mol. The average molecular weight is 361 g/mol. The Morgan fingerprint density at radius 2 is 2.24 bits per heavy atom. The lowest BCUT2D eigenvalue weighted by Gasteiger charge is -2.44. The van der Waals surface area contributed by atoms with Crippen molar-refractivity contribution in [3.8, 4) is 11.5 Å². The lowest BCUT2D eigenvalue weighted by molar-refractivity contribution is -0.132. The number of ketones is 1. The molecule has 4 rings (SSSR count). The molecule has 6 heteroatoms. The van der Waals surface area contributed by atoms with Crippen LogP contribution in [0, 0.1) is 5.92 Å². The maximum absolute atomic E-state index is 12.7. The van der Waals surface area contributed by atoms with Crippen LogP contribution in [0.5, 0.6) is 11.5 Å². The summed E-state index contributed by atoms with van der Waals surface area (Å²) in [5, 5.41) is 0. The van der Waals surface area contributed by atoms with Crippen LogP contribution in [0.15, 0.2) is 18.2 Å². The molecule has 0 spiro atoms. The first-order chi connectivity index (χ1) is 12.1. The minimum Gasteiger partial charge on any atom is -0.493 e. The molecule has 0 aromatic heterocycles. The van der Waals surface area contributed by atoms with E-state index in [9.17, 15) is 9.36 Å². The van der Waals surface area contributed by atoms with Crippen molar-refractivity contribution in [3.05, 3.63) is 29.3 Å². The van der Waals surface area contributed by atoms with E-state index in [1.807, 2.05) is 19.1 Å². The Kier molecular flexibility index (Phi) is 4.17. The minimum absolute atomic E-state index is 0.127. The highest BCUT2D eigenvalue weighted by molar-refractivity contribution is 7.39. The first kappa shape index (κ1) is 16.7. The van der Waals surface area contributed by atoms with Gasteiger partial charge in [-0.15, -0.1) is 4.52 Å². The van der Waals surface area contributed by atoms with Gasteiger partial charge >= 0.3 is 8.03 Å². The van der Waals surface area contributed by atoms with Crippen molar-refractivity contribution in [2.24, 2.45) is 5.92 Å². The van der Waals surface area contributed by atoms with Crippen LogP contribution in [0.2, 0.25) is 0 Å². The predicted octanol–water partition coefficient (Wildman–Crippen LogP) is 3.87. The standard InChI is InChI=1S/C19H22O5P/c1-3-23-25(21)11-10-19-13-6-4-12-5-9-15(22-2)17(16(12)19)24-18(19)14(20)8-7-13/h4-6,9,13,18H,3,7-8,10-11H2,1-2H3/q+1/t13-,18+,19+/m1/s1.